The highest BCUT2D eigenvalue weighted by Gasteiger charge is 2.32. The maximum absolute atomic E-state index is 9.26. The van der Waals surface area contributed by atoms with Crippen LogP contribution in [-0.2, 0) is 0 Å². The van der Waals surface area contributed by atoms with Crippen LogP contribution in [0, 0.1) is 5.92 Å². The molecule has 0 aliphatic carbocycles. The molecule has 66 valence electrons. The Morgan fingerprint density at radius 2 is 2.00 bits per heavy atom. The van der Waals surface area contributed by atoms with Crippen LogP contribution in [-0.4, -0.2) is 52.2 Å². The Morgan fingerprint density at radius 1 is 1.36 bits per heavy atom. The first-order valence-corrected chi connectivity index (χ1v) is 3.61. The number of piperidine rings is 1. The molecule has 0 aromatic rings. The van der Waals surface area contributed by atoms with E-state index in [-0.39, 0.29) is 19.1 Å². The summed E-state index contributed by atoms with van der Waals surface area (Å²) in [4.78, 5) is 0. The number of rotatable bonds is 1. The first kappa shape index (κ1) is 8.89. The molecule has 0 radical (unpaired) electrons. The van der Waals surface area contributed by atoms with Gasteiger partial charge in [0.05, 0.1) is 12.2 Å². The molecule has 1 fully saturated rings. The van der Waals surface area contributed by atoms with Crippen molar-refractivity contribution in [3.05, 3.63) is 0 Å². The molecule has 0 aromatic carbocycles. The summed E-state index contributed by atoms with van der Waals surface area (Å²) >= 11 is 0. The van der Waals surface area contributed by atoms with E-state index in [1.165, 1.54) is 5.01 Å². The van der Waals surface area contributed by atoms with Gasteiger partial charge in [-0.2, -0.15) is 0 Å². The van der Waals surface area contributed by atoms with Crippen molar-refractivity contribution in [3.8, 4) is 0 Å². The summed E-state index contributed by atoms with van der Waals surface area (Å²) in [5.74, 6) is 5.07. The van der Waals surface area contributed by atoms with E-state index in [4.69, 9.17) is 16.1 Å². The monoisotopic (exact) mass is 162 g/mol. The molecule has 5 nitrogen and oxygen atoms in total. The SMILES string of the molecule is NN1CC(O)C(O)C(CO)C1. The summed E-state index contributed by atoms with van der Waals surface area (Å²) in [5, 5.41) is 28.6. The largest absolute Gasteiger partial charge is 0.396 e. The van der Waals surface area contributed by atoms with Gasteiger partial charge < -0.3 is 15.3 Å². The van der Waals surface area contributed by atoms with Crippen LogP contribution >= 0.6 is 0 Å². The summed E-state index contributed by atoms with van der Waals surface area (Å²) in [6.45, 7) is 0.540. The quantitative estimate of drug-likeness (QED) is 0.320. The first-order valence-electron chi connectivity index (χ1n) is 3.61. The van der Waals surface area contributed by atoms with Gasteiger partial charge in [-0.25, -0.2) is 5.01 Å². The number of hydrogen-bond donors (Lipinski definition) is 4. The number of β-amino-alcohol motifs (C(OH)–C–C–N with tert-alkyl or cyclic N) is 1. The fourth-order valence-electron chi connectivity index (χ4n) is 1.31. The van der Waals surface area contributed by atoms with E-state index in [1.54, 1.807) is 0 Å². The molecule has 3 unspecified atom stereocenters. The second kappa shape index (κ2) is 3.46. The summed E-state index contributed by atoms with van der Waals surface area (Å²) in [7, 11) is 0. The molecule has 1 aliphatic rings. The van der Waals surface area contributed by atoms with Gasteiger partial charge in [0.1, 0.15) is 0 Å². The molecule has 0 aromatic heterocycles. The summed E-state index contributed by atoms with van der Waals surface area (Å²) < 4.78 is 0. The van der Waals surface area contributed by atoms with Crippen molar-refractivity contribution in [1.82, 2.24) is 5.01 Å². The number of nitrogens with zero attached hydrogens (tertiary/aromatic N) is 1. The maximum atomic E-state index is 9.26. The van der Waals surface area contributed by atoms with Crippen molar-refractivity contribution >= 4 is 0 Å². The Bertz CT molecular complexity index is 133. The summed E-state index contributed by atoms with van der Waals surface area (Å²) in [5.41, 5.74) is 0. The van der Waals surface area contributed by atoms with Crippen LogP contribution in [0.4, 0.5) is 0 Å². The Morgan fingerprint density at radius 3 is 2.55 bits per heavy atom. The minimum absolute atomic E-state index is 0.147. The average molecular weight is 162 g/mol. The highest BCUT2D eigenvalue weighted by Crippen LogP contribution is 2.14. The lowest BCUT2D eigenvalue weighted by atomic mass is 9.94. The van der Waals surface area contributed by atoms with Gasteiger partial charge in [0.2, 0.25) is 0 Å². The van der Waals surface area contributed by atoms with Gasteiger partial charge in [-0.05, 0) is 0 Å². The third-order valence-electron chi connectivity index (χ3n) is 2.00. The molecule has 5 N–H and O–H groups in total. The van der Waals surface area contributed by atoms with E-state index in [9.17, 15) is 5.11 Å². The molecule has 1 aliphatic heterocycles. The number of hydrazine groups is 1. The molecule has 0 saturated carbocycles. The Labute approximate surface area is 65.0 Å². The summed E-state index contributed by atoms with van der Waals surface area (Å²) in [6, 6.07) is 0. The predicted octanol–water partition coefficient (Wildman–Crippen LogP) is -2.49. The highest BCUT2D eigenvalue weighted by molar-refractivity contribution is 4.83. The zero-order chi connectivity index (χ0) is 8.43. The van der Waals surface area contributed by atoms with Crippen LogP contribution < -0.4 is 5.84 Å². The second-order valence-electron chi connectivity index (χ2n) is 2.95. The van der Waals surface area contributed by atoms with Crippen LogP contribution in [0.5, 0.6) is 0 Å². The van der Waals surface area contributed by atoms with Gasteiger partial charge in [0.25, 0.3) is 0 Å². The lowest BCUT2D eigenvalue weighted by Gasteiger charge is -2.35. The number of hydrogen-bond acceptors (Lipinski definition) is 5. The number of aliphatic hydroxyl groups is 3. The first-order chi connectivity index (χ1) is 5.15. The van der Waals surface area contributed by atoms with Gasteiger partial charge in [-0.1, -0.05) is 0 Å². The third kappa shape index (κ3) is 1.88. The molecule has 1 rings (SSSR count). The van der Waals surface area contributed by atoms with Crippen molar-refractivity contribution in [2.24, 2.45) is 11.8 Å². The van der Waals surface area contributed by atoms with Crippen LogP contribution in [0.1, 0.15) is 0 Å². The van der Waals surface area contributed by atoms with E-state index in [1.807, 2.05) is 0 Å². The van der Waals surface area contributed by atoms with E-state index < -0.39 is 12.2 Å². The molecule has 11 heavy (non-hydrogen) atoms. The second-order valence-corrected chi connectivity index (χ2v) is 2.95. The molecule has 0 spiro atoms. The predicted molar refractivity (Wildman–Crippen MR) is 38.3 cm³/mol. The Kier molecular flexibility index (Phi) is 2.80. The van der Waals surface area contributed by atoms with Crippen LogP contribution in [0.15, 0.2) is 0 Å². The van der Waals surface area contributed by atoms with Gasteiger partial charge in [0.15, 0.2) is 0 Å². The van der Waals surface area contributed by atoms with Gasteiger partial charge in [-0.15, -0.1) is 0 Å². The minimum atomic E-state index is -0.847. The lowest BCUT2D eigenvalue weighted by Crippen LogP contribution is -2.55. The zero-order valence-corrected chi connectivity index (χ0v) is 6.22. The molecule has 0 bridgehead atoms. The van der Waals surface area contributed by atoms with Crippen molar-refractivity contribution in [1.29, 1.82) is 0 Å². The molecule has 0 amide bonds. The standard InChI is InChI=1S/C6H14N2O3/c7-8-1-4(3-9)6(11)5(10)2-8/h4-6,9-11H,1-3,7H2. The Balaban J connectivity index is 2.51. The van der Waals surface area contributed by atoms with E-state index in [0.29, 0.717) is 6.54 Å². The van der Waals surface area contributed by atoms with E-state index in [2.05, 4.69) is 0 Å². The smallest absolute Gasteiger partial charge is 0.0943 e. The van der Waals surface area contributed by atoms with Crippen molar-refractivity contribution in [2.75, 3.05) is 19.7 Å². The summed E-state index contributed by atoms with van der Waals surface area (Å²) in [6.07, 6.45) is -1.69. The molecule has 3 atom stereocenters. The van der Waals surface area contributed by atoms with Gasteiger partial charge >= 0.3 is 0 Å². The number of aliphatic hydroxyl groups excluding tert-OH is 3. The van der Waals surface area contributed by atoms with E-state index in [0.717, 1.165) is 0 Å². The molecule has 1 saturated heterocycles. The molecular formula is C6H14N2O3. The normalized spacial score (nSPS) is 40.9. The van der Waals surface area contributed by atoms with Crippen molar-refractivity contribution in [2.45, 2.75) is 12.2 Å². The van der Waals surface area contributed by atoms with Crippen LogP contribution in [0.3, 0.4) is 0 Å². The lowest BCUT2D eigenvalue weighted by molar-refractivity contribution is -0.0865. The molecule has 1 heterocycles. The topological polar surface area (TPSA) is 90.0 Å². The minimum Gasteiger partial charge on any atom is -0.396 e. The molecule has 5 heteroatoms. The maximum Gasteiger partial charge on any atom is 0.0943 e. The van der Waals surface area contributed by atoms with Gasteiger partial charge in [-0.3, -0.25) is 5.84 Å². The van der Waals surface area contributed by atoms with E-state index >= 15 is 0 Å². The van der Waals surface area contributed by atoms with Crippen LogP contribution in [0.2, 0.25) is 0 Å². The van der Waals surface area contributed by atoms with Crippen molar-refractivity contribution < 1.29 is 15.3 Å². The zero-order valence-electron chi connectivity index (χ0n) is 6.22. The van der Waals surface area contributed by atoms with Crippen LogP contribution in [0.25, 0.3) is 0 Å². The Hall–Kier alpha value is -0.200. The fraction of sp³-hybridized carbons (Fsp3) is 1.00. The van der Waals surface area contributed by atoms with Gasteiger partial charge in [0, 0.05) is 25.6 Å². The molecular weight excluding hydrogens is 148 g/mol. The fourth-order valence-corrected chi connectivity index (χ4v) is 1.31. The highest BCUT2D eigenvalue weighted by atomic mass is 16.3. The number of nitrogens with two attached hydrogens (primary N) is 1. The third-order valence-corrected chi connectivity index (χ3v) is 2.00. The van der Waals surface area contributed by atoms with Crippen molar-refractivity contribution in [3.63, 3.8) is 0 Å². The average Bonchev–Trinajstić information content (AvgIpc) is 1.96.